The Hall–Kier alpha value is -3.12. The van der Waals surface area contributed by atoms with Gasteiger partial charge in [0.2, 0.25) is 0 Å². The summed E-state index contributed by atoms with van der Waals surface area (Å²) in [5.41, 5.74) is 2.05. The predicted octanol–water partition coefficient (Wildman–Crippen LogP) is 4.31. The van der Waals surface area contributed by atoms with Gasteiger partial charge in [0.25, 0.3) is 0 Å². The standard InChI is InChI=1S/C19H14N2O/c1-22-19-10-9-14-6-2-3-7-16(14)17(19)12-15(13-20)18-8-4-5-11-21-18/h2-12H,1H3/b15-12+. The Morgan fingerprint density at radius 3 is 2.64 bits per heavy atom. The van der Waals surface area contributed by atoms with E-state index in [4.69, 9.17) is 4.74 Å². The summed E-state index contributed by atoms with van der Waals surface area (Å²) in [6.45, 7) is 0. The van der Waals surface area contributed by atoms with Gasteiger partial charge in [-0.05, 0) is 35.0 Å². The monoisotopic (exact) mass is 286 g/mol. The molecule has 0 radical (unpaired) electrons. The second kappa shape index (κ2) is 6.11. The number of allylic oxidation sites excluding steroid dienone is 1. The van der Waals surface area contributed by atoms with Crippen molar-refractivity contribution in [3.8, 4) is 11.8 Å². The first-order valence-electron chi connectivity index (χ1n) is 6.92. The van der Waals surface area contributed by atoms with E-state index >= 15 is 0 Å². The Labute approximate surface area is 129 Å². The van der Waals surface area contributed by atoms with Gasteiger partial charge in [-0.2, -0.15) is 5.26 Å². The van der Waals surface area contributed by atoms with Crippen molar-refractivity contribution in [1.82, 2.24) is 4.98 Å². The van der Waals surface area contributed by atoms with Gasteiger partial charge in [0.05, 0.1) is 18.4 Å². The summed E-state index contributed by atoms with van der Waals surface area (Å²) in [4.78, 5) is 4.25. The highest BCUT2D eigenvalue weighted by molar-refractivity contribution is 5.99. The maximum atomic E-state index is 9.48. The molecule has 22 heavy (non-hydrogen) atoms. The quantitative estimate of drug-likeness (QED) is 0.674. The second-order valence-electron chi connectivity index (χ2n) is 4.79. The van der Waals surface area contributed by atoms with Crippen LogP contribution in [0.25, 0.3) is 22.4 Å². The van der Waals surface area contributed by atoms with Gasteiger partial charge in [0, 0.05) is 11.8 Å². The summed E-state index contributed by atoms with van der Waals surface area (Å²) in [5, 5.41) is 11.6. The SMILES string of the molecule is COc1ccc2ccccc2c1/C=C(\C#N)c1ccccn1. The van der Waals surface area contributed by atoms with Gasteiger partial charge in [-0.15, -0.1) is 0 Å². The maximum Gasteiger partial charge on any atom is 0.126 e. The Morgan fingerprint density at radius 1 is 1.09 bits per heavy atom. The van der Waals surface area contributed by atoms with Crippen molar-refractivity contribution in [2.24, 2.45) is 0 Å². The Bertz CT molecular complexity index is 877. The minimum atomic E-state index is 0.509. The molecule has 0 saturated heterocycles. The van der Waals surface area contributed by atoms with Crippen molar-refractivity contribution >= 4 is 22.4 Å². The molecule has 0 fully saturated rings. The minimum Gasteiger partial charge on any atom is -0.496 e. The van der Waals surface area contributed by atoms with Crippen LogP contribution in [0, 0.1) is 11.3 Å². The number of nitrogens with zero attached hydrogens (tertiary/aromatic N) is 2. The summed E-state index contributed by atoms with van der Waals surface area (Å²) < 4.78 is 5.46. The van der Waals surface area contributed by atoms with Gasteiger partial charge in [-0.1, -0.05) is 36.4 Å². The van der Waals surface area contributed by atoms with E-state index in [1.807, 2.05) is 60.7 Å². The van der Waals surface area contributed by atoms with Crippen molar-refractivity contribution in [3.63, 3.8) is 0 Å². The highest BCUT2D eigenvalue weighted by Crippen LogP contribution is 2.31. The third-order valence-electron chi connectivity index (χ3n) is 3.50. The van der Waals surface area contributed by atoms with Crippen LogP contribution in [0.2, 0.25) is 0 Å². The number of pyridine rings is 1. The van der Waals surface area contributed by atoms with Crippen LogP contribution in [0.3, 0.4) is 0 Å². The first-order valence-corrected chi connectivity index (χ1v) is 6.92. The lowest BCUT2D eigenvalue weighted by molar-refractivity contribution is 0.414. The molecule has 3 heteroatoms. The summed E-state index contributed by atoms with van der Waals surface area (Å²) in [5.74, 6) is 0.738. The Balaban J connectivity index is 2.25. The van der Waals surface area contributed by atoms with Crippen LogP contribution in [-0.2, 0) is 0 Å². The largest absolute Gasteiger partial charge is 0.496 e. The number of hydrogen-bond acceptors (Lipinski definition) is 3. The van der Waals surface area contributed by atoms with Crippen LogP contribution in [0.4, 0.5) is 0 Å². The van der Waals surface area contributed by atoms with E-state index in [9.17, 15) is 5.26 Å². The molecule has 0 N–H and O–H groups in total. The zero-order chi connectivity index (χ0) is 15.4. The molecule has 0 atom stereocenters. The molecule has 0 bridgehead atoms. The van der Waals surface area contributed by atoms with E-state index in [0.717, 1.165) is 22.1 Å². The van der Waals surface area contributed by atoms with Crippen molar-refractivity contribution in [1.29, 1.82) is 5.26 Å². The van der Waals surface area contributed by atoms with Crippen LogP contribution in [0.5, 0.6) is 5.75 Å². The number of benzene rings is 2. The van der Waals surface area contributed by atoms with Gasteiger partial charge in [-0.25, -0.2) is 0 Å². The molecule has 106 valence electrons. The molecule has 0 spiro atoms. The fourth-order valence-corrected chi connectivity index (χ4v) is 2.43. The van der Waals surface area contributed by atoms with Crippen LogP contribution >= 0.6 is 0 Å². The molecule has 0 saturated carbocycles. The molecular formula is C19H14N2O. The lowest BCUT2D eigenvalue weighted by Gasteiger charge is -2.09. The van der Waals surface area contributed by atoms with E-state index in [1.54, 1.807) is 13.3 Å². The van der Waals surface area contributed by atoms with Crippen LogP contribution < -0.4 is 4.74 Å². The van der Waals surface area contributed by atoms with Crippen molar-refractivity contribution in [3.05, 3.63) is 72.1 Å². The smallest absolute Gasteiger partial charge is 0.126 e. The number of aromatic nitrogens is 1. The molecule has 0 unspecified atom stereocenters. The fourth-order valence-electron chi connectivity index (χ4n) is 2.43. The number of methoxy groups -OCH3 is 1. The average molecular weight is 286 g/mol. The molecule has 0 amide bonds. The van der Waals surface area contributed by atoms with Crippen molar-refractivity contribution < 1.29 is 4.74 Å². The van der Waals surface area contributed by atoms with Crippen LogP contribution in [-0.4, -0.2) is 12.1 Å². The van der Waals surface area contributed by atoms with Crippen LogP contribution in [0.15, 0.2) is 60.8 Å². The third-order valence-corrected chi connectivity index (χ3v) is 3.50. The molecule has 0 aliphatic carbocycles. The molecular weight excluding hydrogens is 272 g/mol. The Kier molecular flexibility index (Phi) is 3.84. The number of ether oxygens (including phenoxy) is 1. The number of nitriles is 1. The molecule has 1 aromatic heterocycles. The van der Waals surface area contributed by atoms with Gasteiger partial charge in [0.15, 0.2) is 0 Å². The fraction of sp³-hybridized carbons (Fsp3) is 0.0526. The first-order chi connectivity index (χ1) is 10.8. The average Bonchev–Trinajstić information content (AvgIpc) is 2.60. The molecule has 0 aliphatic rings. The zero-order valence-corrected chi connectivity index (χ0v) is 12.2. The third kappa shape index (κ3) is 2.55. The molecule has 3 rings (SSSR count). The van der Waals surface area contributed by atoms with Crippen LogP contribution in [0.1, 0.15) is 11.3 Å². The highest BCUT2D eigenvalue weighted by Gasteiger charge is 2.09. The summed E-state index contributed by atoms with van der Waals surface area (Å²) in [7, 11) is 1.63. The summed E-state index contributed by atoms with van der Waals surface area (Å²) >= 11 is 0. The van der Waals surface area contributed by atoms with E-state index < -0.39 is 0 Å². The van der Waals surface area contributed by atoms with E-state index in [-0.39, 0.29) is 0 Å². The number of fused-ring (bicyclic) bond motifs is 1. The van der Waals surface area contributed by atoms with Gasteiger partial charge < -0.3 is 4.74 Å². The lowest BCUT2D eigenvalue weighted by Crippen LogP contribution is -1.91. The molecule has 3 nitrogen and oxygen atoms in total. The zero-order valence-electron chi connectivity index (χ0n) is 12.2. The molecule has 0 aliphatic heterocycles. The molecule has 1 heterocycles. The predicted molar refractivity (Wildman–Crippen MR) is 88.2 cm³/mol. The van der Waals surface area contributed by atoms with E-state index in [2.05, 4.69) is 11.1 Å². The number of hydrogen-bond donors (Lipinski definition) is 0. The molecule has 2 aromatic carbocycles. The van der Waals surface area contributed by atoms with E-state index in [0.29, 0.717) is 11.3 Å². The lowest BCUT2D eigenvalue weighted by atomic mass is 10.0. The van der Waals surface area contributed by atoms with Gasteiger partial charge in [-0.3, -0.25) is 4.98 Å². The normalized spacial score (nSPS) is 11.2. The summed E-state index contributed by atoms with van der Waals surface area (Å²) in [6.07, 6.45) is 3.52. The van der Waals surface area contributed by atoms with Crippen molar-refractivity contribution in [2.75, 3.05) is 7.11 Å². The first kappa shape index (κ1) is 13.8. The number of rotatable bonds is 3. The Morgan fingerprint density at radius 2 is 1.91 bits per heavy atom. The van der Waals surface area contributed by atoms with Gasteiger partial charge >= 0.3 is 0 Å². The summed E-state index contributed by atoms with van der Waals surface area (Å²) in [6, 6.07) is 19.7. The van der Waals surface area contributed by atoms with E-state index in [1.165, 1.54) is 0 Å². The topological polar surface area (TPSA) is 45.9 Å². The maximum absolute atomic E-state index is 9.48. The molecule has 3 aromatic rings. The van der Waals surface area contributed by atoms with Gasteiger partial charge in [0.1, 0.15) is 11.8 Å². The van der Waals surface area contributed by atoms with Crippen molar-refractivity contribution in [2.45, 2.75) is 0 Å². The second-order valence-corrected chi connectivity index (χ2v) is 4.79. The minimum absolute atomic E-state index is 0.509. The highest BCUT2D eigenvalue weighted by atomic mass is 16.5.